The third-order valence-electron chi connectivity index (χ3n) is 4.84. The number of rotatable bonds is 3. The molecule has 0 unspecified atom stereocenters. The van der Waals surface area contributed by atoms with Crippen molar-refractivity contribution >= 4 is 28.3 Å². The van der Waals surface area contributed by atoms with Crippen LogP contribution in [0.1, 0.15) is 11.1 Å². The summed E-state index contributed by atoms with van der Waals surface area (Å²) in [7, 11) is 6.24. The first-order valence-electron chi connectivity index (χ1n) is 8.77. The van der Waals surface area contributed by atoms with E-state index in [1.54, 1.807) is 12.4 Å². The first-order chi connectivity index (χ1) is 12.5. The fourth-order valence-electron chi connectivity index (χ4n) is 3.79. The maximum atomic E-state index is 12.8. The van der Waals surface area contributed by atoms with Gasteiger partial charge in [0.1, 0.15) is 0 Å². The number of urea groups is 1. The number of nitrogens with zero attached hydrogens (tertiary/aromatic N) is 4. The van der Waals surface area contributed by atoms with Gasteiger partial charge in [-0.05, 0) is 55.9 Å². The van der Waals surface area contributed by atoms with Gasteiger partial charge in [-0.15, -0.1) is 0 Å². The van der Waals surface area contributed by atoms with Gasteiger partial charge in [-0.25, -0.2) is 4.79 Å². The molecule has 2 amide bonds. The highest BCUT2D eigenvalue weighted by Gasteiger charge is 2.28. The Bertz CT molecular complexity index is 961. The molecule has 1 aliphatic rings. The number of carbonyl (C=O) groups is 1. The summed E-state index contributed by atoms with van der Waals surface area (Å²) in [6.45, 7) is 1.58. The Kier molecular flexibility index (Phi) is 4.12. The Labute approximate surface area is 153 Å². The van der Waals surface area contributed by atoms with E-state index in [2.05, 4.69) is 59.2 Å². The first-order valence-corrected chi connectivity index (χ1v) is 8.77. The van der Waals surface area contributed by atoms with Crippen LogP contribution in [0.3, 0.4) is 0 Å². The fourth-order valence-corrected chi connectivity index (χ4v) is 3.79. The molecule has 0 aliphatic carbocycles. The van der Waals surface area contributed by atoms with Crippen LogP contribution < -0.4 is 10.2 Å². The molecular weight excluding hydrogens is 326 g/mol. The molecule has 0 fully saturated rings. The van der Waals surface area contributed by atoms with Crippen molar-refractivity contribution in [3.05, 3.63) is 54.0 Å². The van der Waals surface area contributed by atoms with Crippen LogP contribution in [0.5, 0.6) is 0 Å². The summed E-state index contributed by atoms with van der Waals surface area (Å²) in [5, 5.41) is 4.22. The molecule has 0 spiro atoms. The predicted octanol–water partition coefficient (Wildman–Crippen LogP) is 3.23. The van der Waals surface area contributed by atoms with Gasteiger partial charge in [-0.3, -0.25) is 9.88 Å². The van der Waals surface area contributed by atoms with Gasteiger partial charge in [0.2, 0.25) is 0 Å². The SMILES string of the molecule is CN(C)Cc1cn(C)c2ccc3c(c12)CCN3C(=O)Nc1cccnc1. The number of aromatic nitrogens is 2. The van der Waals surface area contributed by atoms with E-state index in [-0.39, 0.29) is 6.03 Å². The van der Waals surface area contributed by atoms with Gasteiger partial charge in [0.05, 0.1) is 11.9 Å². The average molecular weight is 349 g/mol. The monoisotopic (exact) mass is 349 g/mol. The number of amides is 2. The predicted molar refractivity (Wildman–Crippen MR) is 105 cm³/mol. The largest absolute Gasteiger partial charge is 0.350 e. The second-order valence-corrected chi connectivity index (χ2v) is 7.03. The molecule has 0 saturated heterocycles. The summed E-state index contributed by atoms with van der Waals surface area (Å²) in [5.41, 5.74) is 5.50. The van der Waals surface area contributed by atoms with Gasteiger partial charge in [0, 0.05) is 49.1 Å². The van der Waals surface area contributed by atoms with Crippen LogP contribution in [0, 0.1) is 0 Å². The Hall–Kier alpha value is -2.86. The van der Waals surface area contributed by atoms with Crippen LogP contribution in [0.4, 0.5) is 16.2 Å². The zero-order chi connectivity index (χ0) is 18.3. The maximum absolute atomic E-state index is 12.8. The highest BCUT2D eigenvalue weighted by Crippen LogP contribution is 2.37. The molecule has 2 aromatic heterocycles. The maximum Gasteiger partial charge on any atom is 0.326 e. The summed E-state index contributed by atoms with van der Waals surface area (Å²) in [5.74, 6) is 0. The number of hydrogen-bond acceptors (Lipinski definition) is 3. The molecule has 134 valence electrons. The van der Waals surface area contributed by atoms with Crippen molar-refractivity contribution in [2.75, 3.05) is 30.9 Å². The second kappa shape index (κ2) is 6.46. The lowest BCUT2D eigenvalue weighted by atomic mass is 10.0. The normalized spacial score (nSPS) is 13.5. The molecule has 1 aliphatic heterocycles. The summed E-state index contributed by atoms with van der Waals surface area (Å²) in [4.78, 5) is 20.8. The number of benzene rings is 1. The third kappa shape index (κ3) is 2.82. The molecule has 6 nitrogen and oxygen atoms in total. The molecule has 26 heavy (non-hydrogen) atoms. The van der Waals surface area contributed by atoms with Gasteiger partial charge in [0.25, 0.3) is 0 Å². The van der Waals surface area contributed by atoms with Gasteiger partial charge in [-0.1, -0.05) is 0 Å². The molecule has 4 rings (SSSR count). The van der Waals surface area contributed by atoms with Crippen molar-refractivity contribution in [3.8, 4) is 0 Å². The zero-order valence-corrected chi connectivity index (χ0v) is 15.4. The Morgan fingerprint density at radius 2 is 2.15 bits per heavy atom. The minimum Gasteiger partial charge on any atom is -0.350 e. The molecule has 6 heteroatoms. The van der Waals surface area contributed by atoms with Crippen molar-refractivity contribution in [1.82, 2.24) is 14.5 Å². The number of anilines is 2. The molecule has 0 atom stereocenters. The number of fused-ring (bicyclic) bond motifs is 3. The molecule has 3 heterocycles. The van der Waals surface area contributed by atoms with E-state index in [0.29, 0.717) is 12.2 Å². The lowest BCUT2D eigenvalue weighted by Crippen LogP contribution is -2.33. The number of pyridine rings is 1. The van der Waals surface area contributed by atoms with Crippen LogP contribution in [0.15, 0.2) is 42.9 Å². The van der Waals surface area contributed by atoms with Crippen molar-refractivity contribution in [1.29, 1.82) is 0 Å². The molecule has 0 saturated carbocycles. The van der Waals surface area contributed by atoms with Gasteiger partial charge in [0.15, 0.2) is 0 Å². The second-order valence-electron chi connectivity index (χ2n) is 7.03. The molecular formula is C20H23N5O. The first kappa shape index (κ1) is 16.6. The molecule has 0 radical (unpaired) electrons. The lowest BCUT2D eigenvalue weighted by Gasteiger charge is -2.18. The van der Waals surface area contributed by atoms with Crippen LogP contribution in [0.2, 0.25) is 0 Å². The number of nitrogens with one attached hydrogen (secondary N) is 1. The zero-order valence-electron chi connectivity index (χ0n) is 15.4. The minimum absolute atomic E-state index is 0.110. The highest BCUT2D eigenvalue weighted by atomic mass is 16.2. The average Bonchev–Trinajstić information content (AvgIpc) is 3.17. The van der Waals surface area contributed by atoms with Gasteiger partial charge >= 0.3 is 6.03 Å². The molecule has 1 aromatic carbocycles. The number of hydrogen-bond donors (Lipinski definition) is 1. The molecule has 3 aromatic rings. The highest BCUT2D eigenvalue weighted by molar-refractivity contribution is 6.06. The van der Waals surface area contributed by atoms with Crippen molar-refractivity contribution in [2.24, 2.45) is 7.05 Å². The van der Waals surface area contributed by atoms with Crippen LogP contribution >= 0.6 is 0 Å². The topological polar surface area (TPSA) is 53.4 Å². The van der Waals surface area contributed by atoms with Gasteiger partial charge < -0.3 is 14.8 Å². The van der Waals surface area contributed by atoms with E-state index in [1.165, 1.54) is 22.0 Å². The third-order valence-corrected chi connectivity index (χ3v) is 4.84. The number of carbonyl (C=O) groups excluding carboxylic acids is 1. The molecule has 1 N–H and O–H groups in total. The van der Waals surface area contributed by atoms with Crippen LogP contribution in [-0.2, 0) is 20.0 Å². The van der Waals surface area contributed by atoms with Crippen molar-refractivity contribution in [3.63, 3.8) is 0 Å². The Morgan fingerprint density at radius 3 is 2.88 bits per heavy atom. The fraction of sp³-hybridized carbons (Fsp3) is 0.300. The van der Waals surface area contributed by atoms with Gasteiger partial charge in [-0.2, -0.15) is 0 Å². The van der Waals surface area contributed by atoms with E-state index in [9.17, 15) is 4.79 Å². The van der Waals surface area contributed by atoms with Crippen LogP contribution in [0.25, 0.3) is 10.9 Å². The minimum atomic E-state index is -0.110. The smallest absolute Gasteiger partial charge is 0.326 e. The molecule has 0 bridgehead atoms. The van der Waals surface area contributed by atoms with Crippen molar-refractivity contribution < 1.29 is 4.79 Å². The quantitative estimate of drug-likeness (QED) is 0.790. The van der Waals surface area contributed by atoms with Crippen LogP contribution in [-0.4, -0.2) is 41.1 Å². The van der Waals surface area contributed by atoms with E-state index < -0.39 is 0 Å². The van der Waals surface area contributed by atoms with E-state index >= 15 is 0 Å². The summed E-state index contributed by atoms with van der Waals surface area (Å²) in [6, 6.07) is 7.73. The number of aryl methyl sites for hydroxylation is 1. The Morgan fingerprint density at radius 1 is 1.31 bits per heavy atom. The standard InChI is InChI=1S/C20H23N5O/c1-23(2)12-14-13-24(3)18-7-6-17-16(19(14)18)8-10-25(17)20(26)22-15-5-4-9-21-11-15/h4-7,9,11,13H,8,10,12H2,1-3H3,(H,22,26). The summed E-state index contributed by atoms with van der Waals surface area (Å²) < 4.78 is 2.17. The van der Waals surface area contributed by atoms with E-state index in [0.717, 1.165) is 18.7 Å². The summed E-state index contributed by atoms with van der Waals surface area (Å²) in [6.07, 6.45) is 6.42. The van der Waals surface area contributed by atoms with E-state index in [1.807, 2.05) is 17.0 Å². The van der Waals surface area contributed by atoms with Crippen molar-refractivity contribution in [2.45, 2.75) is 13.0 Å². The van der Waals surface area contributed by atoms with E-state index in [4.69, 9.17) is 0 Å². The Balaban J connectivity index is 1.71. The lowest BCUT2D eigenvalue weighted by molar-refractivity contribution is 0.257. The summed E-state index contributed by atoms with van der Waals surface area (Å²) >= 11 is 0.